The van der Waals surface area contributed by atoms with Crippen LogP contribution in [-0.4, -0.2) is 93.4 Å². The van der Waals surface area contributed by atoms with Crippen LogP contribution in [0.4, 0.5) is 5.69 Å². The Morgan fingerprint density at radius 1 is 1.12 bits per heavy atom. The number of sulfonamides is 1. The number of amides is 2. The lowest BCUT2D eigenvalue weighted by Crippen LogP contribution is -2.52. The Labute approximate surface area is 238 Å². The minimum Gasteiger partial charge on any atom is -0.507 e. The second kappa shape index (κ2) is 11.2. The van der Waals surface area contributed by atoms with Crippen molar-refractivity contribution in [2.24, 2.45) is 0 Å². The summed E-state index contributed by atoms with van der Waals surface area (Å²) in [5, 5.41) is 11.7. The molecule has 3 heterocycles. The van der Waals surface area contributed by atoms with Gasteiger partial charge in [-0.15, -0.1) is 6.58 Å². The number of Topliss-reactive ketones (excluding diaryl/α,β-unsaturated/α-hetero) is 1. The second-order valence-corrected chi connectivity index (χ2v) is 11.8. The molecule has 1 atom stereocenters. The molecule has 1 N–H and O–H groups in total. The van der Waals surface area contributed by atoms with Crippen molar-refractivity contribution in [3.8, 4) is 0 Å². The average molecular weight is 582 g/mol. The topological polar surface area (TPSA) is 134 Å². The van der Waals surface area contributed by atoms with Crippen molar-refractivity contribution in [3.05, 3.63) is 77.9 Å². The van der Waals surface area contributed by atoms with Crippen LogP contribution in [0.15, 0.2) is 71.7 Å². The van der Waals surface area contributed by atoms with E-state index in [0.717, 1.165) is 0 Å². The summed E-state index contributed by atoms with van der Waals surface area (Å²) < 4.78 is 38.4. The SMILES string of the molecule is C=CCN1C(=O)C2(/C(=C(/O)c3cccc(S(=O)(=O)N4CCOCC4)c3)C(=O)C(=O)N2CCCOC)c2ccccc21. The van der Waals surface area contributed by atoms with Gasteiger partial charge < -0.3 is 24.4 Å². The van der Waals surface area contributed by atoms with E-state index in [2.05, 4.69) is 6.58 Å². The van der Waals surface area contributed by atoms with Crippen molar-refractivity contribution < 1.29 is 37.4 Å². The number of fused-ring (bicyclic) bond motifs is 2. The Morgan fingerprint density at radius 2 is 1.85 bits per heavy atom. The van der Waals surface area contributed by atoms with Gasteiger partial charge in [0.2, 0.25) is 10.0 Å². The Balaban J connectivity index is 1.72. The maximum absolute atomic E-state index is 14.3. The lowest BCUT2D eigenvalue weighted by Gasteiger charge is -2.34. The van der Waals surface area contributed by atoms with Crippen molar-refractivity contribution in [1.82, 2.24) is 9.21 Å². The number of aliphatic hydroxyl groups is 1. The number of hydrogen-bond donors (Lipinski definition) is 1. The number of hydrogen-bond acceptors (Lipinski definition) is 8. The van der Waals surface area contributed by atoms with E-state index in [1.807, 2.05) is 0 Å². The zero-order valence-corrected chi connectivity index (χ0v) is 23.4. The van der Waals surface area contributed by atoms with Gasteiger partial charge >= 0.3 is 0 Å². The number of rotatable bonds is 9. The molecular weight excluding hydrogens is 550 g/mol. The monoisotopic (exact) mass is 581 g/mol. The minimum absolute atomic E-state index is 0.00263. The van der Waals surface area contributed by atoms with E-state index in [1.165, 1.54) is 51.6 Å². The molecule has 2 aromatic rings. The third-order valence-corrected chi connectivity index (χ3v) is 9.46. The summed E-state index contributed by atoms with van der Waals surface area (Å²) in [6, 6.07) is 12.3. The Bertz CT molecular complexity index is 1550. The van der Waals surface area contributed by atoms with E-state index < -0.39 is 44.5 Å². The van der Waals surface area contributed by atoms with Gasteiger partial charge in [-0.1, -0.05) is 36.4 Å². The van der Waals surface area contributed by atoms with Crippen LogP contribution < -0.4 is 4.90 Å². The Hall–Kier alpha value is -3.84. The fourth-order valence-electron chi connectivity index (χ4n) is 5.73. The molecule has 0 aromatic heterocycles. The van der Waals surface area contributed by atoms with Crippen molar-refractivity contribution in [2.75, 3.05) is 58.0 Å². The molecule has 2 aromatic carbocycles. The number of anilines is 1. The number of ketones is 1. The van der Waals surface area contributed by atoms with Crippen molar-refractivity contribution in [2.45, 2.75) is 16.9 Å². The van der Waals surface area contributed by atoms with Gasteiger partial charge in [-0.2, -0.15) is 4.31 Å². The van der Waals surface area contributed by atoms with Crippen LogP contribution in [0, 0.1) is 0 Å². The van der Waals surface area contributed by atoms with E-state index >= 15 is 0 Å². The van der Waals surface area contributed by atoms with Gasteiger partial charge in [0.25, 0.3) is 17.6 Å². The molecule has 5 rings (SSSR count). The lowest BCUT2D eigenvalue weighted by atomic mass is 9.82. The van der Waals surface area contributed by atoms with Crippen molar-refractivity contribution in [3.63, 3.8) is 0 Å². The van der Waals surface area contributed by atoms with E-state index in [4.69, 9.17) is 9.47 Å². The van der Waals surface area contributed by atoms with Crippen molar-refractivity contribution in [1.29, 1.82) is 0 Å². The molecule has 0 radical (unpaired) electrons. The standard InChI is InChI=1S/C29H31N3O8S/c1-3-12-31-23-11-5-4-10-22(23)29(28(31)36)24(26(34)27(35)32(29)13-7-16-39-2)25(33)20-8-6-9-21(19-20)41(37,38)30-14-17-40-18-15-30/h3-6,8-11,19,33H,1,7,12-18H2,2H3/b25-24+. The molecule has 0 bridgehead atoms. The molecular formula is C29H31N3O8S. The summed E-state index contributed by atoms with van der Waals surface area (Å²) in [5.41, 5.74) is -1.54. The number of benzene rings is 2. The molecule has 2 amide bonds. The summed E-state index contributed by atoms with van der Waals surface area (Å²) in [6.45, 7) is 4.99. The summed E-state index contributed by atoms with van der Waals surface area (Å²) in [7, 11) is -2.43. The highest BCUT2D eigenvalue weighted by molar-refractivity contribution is 7.89. The number of likely N-dealkylation sites (tertiary alicyclic amines) is 1. The number of nitrogens with zero attached hydrogens (tertiary/aromatic N) is 3. The maximum Gasteiger partial charge on any atom is 0.296 e. The molecule has 41 heavy (non-hydrogen) atoms. The Morgan fingerprint density at radius 3 is 2.56 bits per heavy atom. The van der Waals surface area contributed by atoms with Gasteiger partial charge in [0.1, 0.15) is 5.76 Å². The zero-order valence-electron chi connectivity index (χ0n) is 22.6. The second-order valence-electron chi connectivity index (χ2n) is 9.83. The average Bonchev–Trinajstić information content (AvgIpc) is 3.36. The lowest BCUT2D eigenvalue weighted by molar-refractivity contribution is -0.143. The first kappa shape index (κ1) is 28.7. The van der Waals surface area contributed by atoms with Gasteiger partial charge in [0.15, 0.2) is 5.54 Å². The molecule has 216 valence electrons. The Kier molecular flexibility index (Phi) is 7.84. The van der Waals surface area contributed by atoms with Crippen LogP contribution in [0.25, 0.3) is 5.76 Å². The highest BCUT2D eigenvalue weighted by Crippen LogP contribution is 2.53. The molecule has 0 saturated carbocycles. The van der Waals surface area contributed by atoms with Gasteiger partial charge in [0, 0.05) is 51.0 Å². The van der Waals surface area contributed by atoms with E-state index in [-0.39, 0.29) is 56.5 Å². The summed E-state index contributed by atoms with van der Waals surface area (Å²) in [4.78, 5) is 44.1. The first-order valence-corrected chi connectivity index (χ1v) is 14.6. The number of carbonyl (C=O) groups excluding carboxylic acids is 3. The highest BCUT2D eigenvalue weighted by atomic mass is 32.2. The van der Waals surface area contributed by atoms with Gasteiger partial charge in [0.05, 0.1) is 29.4 Å². The summed E-state index contributed by atoms with van der Waals surface area (Å²) in [5.74, 6) is -3.21. The summed E-state index contributed by atoms with van der Waals surface area (Å²) >= 11 is 0. The zero-order chi connectivity index (χ0) is 29.4. The molecule has 0 aliphatic carbocycles. The van der Waals surface area contributed by atoms with Crippen LogP contribution in [0.5, 0.6) is 0 Å². The molecule has 2 fully saturated rings. The fraction of sp³-hybridized carbons (Fsp3) is 0.345. The fourth-order valence-corrected chi connectivity index (χ4v) is 7.18. The van der Waals surface area contributed by atoms with Crippen LogP contribution in [0.2, 0.25) is 0 Å². The number of ether oxygens (including phenoxy) is 2. The summed E-state index contributed by atoms with van der Waals surface area (Å²) in [6.07, 6.45) is 1.86. The molecule has 1 unspecified atom stereocenters. The van der Waals surface area contributed by atoms with Gasteiger partial charge in [-0.25, -0.2) is 8.42 Å². The first-order valence-electron chi connectivity index (χ1n) is 13.2. The predicted molar refractivity (Wildman–Crippen MR) is 149 cm³/mol. The number of methoxy groups -OCH3 is 1. The minimum atomic E-state index is -3.94. The quantitative estimate of drug-likeness (QED) is 0.156. The molecule has 12 heteroatoms. The number of aliphatic hydroxyl groups excluding tert-OH is 1. The van der Waals surface area contributed by atoms with E-state index in [0.29, 0.717) is 17.7 Å². The maximum atomic E-state index is 14.3. The van der Waals surface area contributed by atoms with Crippen LogP contribution in [0.1, 0.15) is 17.5 Å². The first-order chi connectivity index (χ1) is 19.7. The smallest absolute Gasteiger partial charge is 0.296 e. The van der Waals surface area contributed by atoms with E-state index in [9.17, 15) is 27.9 Å². The third kappa shape index (κ3) is 4.47. The highest BCUT2D eigenvalue weighted by Gasteiger charge is 2.66. The van der Waals surface area contributed by atoms with Crippen LogP contribution >= 0.6 is 0 Å². The largest absolute Gasteiger partial charge is 0.507 e. The van der Waals surface area contributed by atoms with Crippen LogP contribution in [0.3, 0.4) is 0 Å². The van der Waals surface area contributed by atoms with E-state index in [1.54, 1.807) is 24.3 Å². The molecule has 3 aliphatic heterocycles. The van der Waals surface area contributed by atoms with Gasteiger partial charge in [-0.3, -0.25) is 14.4 Å². The van der Waals surface area contributed by atoms with Crippen LogP contribution in [-0.2, 0) is 39.4 Å². The third-order valence-electron chi connectivity index (χ3n) is 7.57. The molecule has 1 spiro atoms. The molecule has 3 aliphatic rings. The molecule has 11 nitrogen and oxygen atoms in total. The van der Waals surface area contributed by atoms with Crippen molar-refractivity contribution >= 4 is 39.1 Å². The number of morpholine rings is 1. The number of para-hydroxylation sites is 1. The normalized spacial score (nSPS) is 22.5. The van der Waals surface area contributed by atoms with Gasteiger partial charge in [-0.05, 0) is 24.6 Å². The molecule has 2 saturated heterocycles. The predicted octanol–water partition coefficient (Wildman–Crippen LogP) is 1.85. The number of carbonyl (C=O) groups is 3.